The number of amides is 1. The molecule has 1 aromatic carbocycles. The highest BCUT2D eigenvalue weighted by Gasteiger charge is 2.44. The zero-order chi connectivity index (χ0) is 17.0. The predicted molar refractivity (Wildman–Crippen MR) is 92.5 cm³/mol. The second-order valence-electron chi connectivity index (χ2n) is 7.11. The molecule has 5 nitrogen and oxygen atoms in total. The van der Waals surface area contributed by atoms with Gasteiger partial charge in [0.2, 0.25) is 5.91 Å². The minimum absolute atomic E-state index is 0.161. The predicted octanol–water partition coefficient (Wildman–Crippen LogP) is 1.65. The van der Waals surface area contributed by atoms with Crippen LogP contribution in [0.15, 0.2) is 30.3 Å². The third kappa shape index (κ3) is 3.97. The molecule has 0 aliphatic carbocycles. The fraction of sp³-hybridized carbons (Fsp3) is 0.632. The summed E-state index contributed by atoms with van der Waals surface area (Å²) in [6.45, 7) is 3.27. The number of carbonyl (C=O) groups is 1. The first-order chi connectivity index (χ1) is 11.6. The molecule has 0 aromatic heterocycles. The summed E-state index contributed by atoms with van der Waals surface area (Å²) in [7, 11) is 1.98. The van der Waals surface area contributed by atoms with Crippen molar-refractivity contribution in [3.63, 3.8) is 0 Å². The van der Waals surface area contributed by atoms with E-state index in [0.29, 0.717) is 19.6 Å². The molecular weight excluding hydrogens is 304 g/mol. The Morgan fingerprint density at radius 1 is 1.33 bits per heavy atom. The van der Waals surface area contributed by atoms with E-state index in [2.05, 4.69) is 12.1 Å². The molecule has 3 rings (SSSR count). The topological polar surface area (TPSA) is 53.0 Å². The summed E-state index contributed by atoms with van der Waals surface area (Å²) in [5, 5.41) is 10.3. The number of benzene rings is 1. The van der Waals surface area contributed by atoms with Crippen molar-refractivity contribution in [3.8, 4) is 0 Å². The maximum absolute atomic E-state index is 12.5. The largest absolute Gasteiger partial charge is 0.390 e. The Morgan fingerprint density at radius 3 is 2.71 bits per heavy atom. The summed E-state index contributed by atoms with van der Waals surface area (Å²) in [5.74, 6) is 0.161. The highest BCUT2D eigenvalue weighted by Crippen LogP contribution is 2.35. The first-order valence-electron chi connectivity index (χ1n) is 8.91. The van der Waals surface area contributed by atoms with Gasteiger partial charge in [-0.2, -0.15) is 0 Å². The van der Waals surface area contributed by atoms with Crippen molar-refractivity contribution < 1.29 is 14.6 Å². The number of nitrogens with zero attached hydrogens (tertiary/aromatic N) is 2. The van der Waals surface area contributed by atoms with Crippen LogP contribution in [0.3, 0.4) is 0 Å². The van der Waals surface area contributed by atoms with Crippen molar-refractivity contribution in [1.29, 1.82) is 0 Å². The molecule has 0 saturated carbocycles. The van der Waals surface area contributed by atoms with Gasteiger partial charge in [-0.25, -0.2) is 0 Å². The number of aliphatic hydroxyl groups excluding tert-OH is 1. The summed E-state index contributed by atoms with van der Waals surface area (Å²) in [4.78, 5) is 16.5. The number of rotatable bonds is 4. The average molecular weight is 332 g/mol. The maximum Gasteiger partial charge on any atom is 0.236 e. The lowest BCUT2D eigenvalue weighted by Crippen LogP contribution is -2.56. The quantitative estimate of drug-likeness (QED) is 0.911. The van der Waals surface area contributed by atoms with Crippen molar-refractivity contribution in [2.24, 2.45) is 0 Å². The maximum atomic E-state index is 12.5. The molecule has 2 heterocycles. The van der Waals surface area contributed by atoms with E-state index in [4.69, 9.17) is 4.74 Å². The molecular formula is C19H28N2O3. The first kappa shape index (κ1) is 17.4. The molecule has 2 aliphatic heterocycles. The van der Waals surface area contributed by atoms with E-state index in [0.717, 1.165) is 38.8 Å². The summed E-state index contributed by atoms with van der Waals surface area (Å²) in [6.07, 6.45) is 2.83. The lowest BCUT2D eigenvalue weighted by atomic mass is 9.82. The molecule has 0 radical (unpaired) electrons. The van der Waals surface area contributed by atoms with Gasteiger partial charge in [-0.15, -0.1) is 0 Å². The van der Waals surface area contributed by atoms with Gasteiger partial charge in [-0.3, -0.25) is 9.69 Å². The van der Waals surface area contributed by atoms with Gasteiger partial charge in [-0.1, -0.05) is 30.3 Å². The van der Waals surface area contributed by atoms with Crippen LogP contribution in [0.4, 0.5) is 0 Å². The van der Waals surface area contributed by atoms with E-state index in [1.807, 2.05) is 35.0 Å². The number of aliphatic hydroxyl groups is 1. The van der Waals surface area contributed by atoms with Gasteiger partial charge in [0.15, 0.2) is 0 Å². The number of hydrogen-bond donors (Lipinski definition) is 1. The zero-order valence-electron chi connectivity index (χ0n) is 14.5. The number of hydrogen-bond acceptors (Lipinski definition) is 4. The summed E-state index contributed by atoms with van der Waals surface area (Å²) in [5.41, 5.74) is 0.800. The highest BCUT2D eigenvalue weighted by atomic mass is 16.5. The molecule has 2 fully saturated rings. The van der Waals surface area contributed by atoms with Crippen LogP contribution in [-0.4, -0.2) is 65.8 Å². The minimum atomic E-state index is -0.412. The molecule has 2 saturated heterocycles. The van der Waals surface area contributed by atoms with Gasteiger partial charge in [-0.05, 0) is 38.3 Å². The molecule has 1 amide bonds. The standard InChI is InChI=1S/C19H28N2O3/c1-20(14-16-6-3-2-4-7-16)15-18(23)21-11-9-19(10-12-21)17(22)8-5-13-24-19/h2-4,6-7,17,22H,5,8-15H2,1H3/t17-/m1/s1. The summed E-state index contributed by atoms with van der Waals surface area (Å²) >= 11 is 0. The molecule has 2 aliphatic rings. The van der Waals surface area contributed by atoms with Gasteiger partial charge in [0.05, 0.1) is 18.2 Å². The van der Waals surface area contributed by atoms with Crippen LogP contribution < -0.4 is 0 Å². The zero-order valence-corrected chi connectivity index (χ0v) is 14.5. The van der Waals surface area contributed by atoms with E-state index in [1.54, 1.807) is 0 Å². The van der Waals surface area contributed by atoms with E-state index in [-0.39, 0.29) is 12.0 Å². The Labute approximate surface area is 144 Å². The van der Waals surface area contributed by atoms with E-state index >= 15 is 0 Å². The van der Waals surface area contributed by atoms with Gasteiger partial charge in [0.1, 0.15) is 0 Å². The fourth-order valence-electron chi connectivity index (χ4n) is 3.81. The van der Waals surface area contributed by atoms with E-state index < -0.39 is 5.60 Å². The molecule has 1 N–H and O–H groups in total. The summed E-state index contributed by atoms with van der Waals surface area (Å²) in [6, 6.07) is 10.2. The van der Waals surface area contributed by atoms with Gasteiger partial charge < -0.3 is 14.7 Å². The van der Waals surface area contributed by atoms with Gasteiger partial charge >= 0.3 is 0 Å². The van der Waals surface area contributed by atoms with Gasteiger partial charge in [0, 0.05) is 26.2 Å². The smallest absolute Gasteiger partial charge is 0.236 e. The molecule has 1 aromatic rings. The van der Waals surface area contributed by atoms with Crippen LogP contribution in [0.5, 0.6) is 0 Å². The SMILES string of the molecule is CN(CC(=O)N1CCC2(CC1)OCCC[C@H]2O)Cc1ccccc1. The second kappa shape index (κ2) is 7.64. The van der Waals surface area contributed by atoms with Crippen molar-refractivity contribution >= 4 is 5.91 Å². The van der Waals surface area contributed by atoms with Crippen LogP contribution in [-0.2, 0) is 16.1 Å². The number of ether oxygens (including phenoxy) is 1. The van der Waals surface area contributed by atoms with Crippen molar-refractivity contribution in [3.05, 3.63) is 35.9 Å². The Bertz CT molecular complexity index is 541. The van der Waals surface area contributed by atoms with Crippen molar-refractivity contribution in [2.45, 2.75) is 43.9 Å². The lowest BCUT2D eigenvalue weighted by Gasteiger charge is -2.46. The van der Waals surface area contributed by atoms with Gasteiger partial charge in [0.25, 0.3) is 0 Å². The molecule has 1 atom stereocenters. The molecule has 1 spiro atoms. The highest BCUT2D eigenvalue weighted by molar-refractivity contribution is 5.78. The first-order valence-corrected chi connectivity index (χ1v) is 8.91. The lowest BCUT2D eigenvalue weighted by molar-refractivity contribution is -0.179. The molecule has 132 valence electrons. The average Bonchev–Trinajstić information content (AvgIpc) is 2.59. The van der Waals surface area contributed by atoms with Crippen molar-refractivity contribution in [2.75, 3.05) is 33.3 Å². The Hall–Kier alpha value is -1.43. The number of piperidine rings is 1. The number of likely N-dealkylation sites (N-methyl/N-ethyl adjacent to an activating group) is 1. The van der Waals surface area contributed by atoms with Crippen molar-refractivity contribution in [1.82, 2.24) is 9.80 Å². The van der Waals surface area contributed by atoms with Crippen LogP contribution in [0.25, 0.3) is 0 Å². The summed E-state index contributed by atoms with van der Waals surface area (Å²) < 4.78 is 5.91. The second-order valence-corrected chi connectivity index (χ2v) is 7.11. The molecule has 5 heteroatoms. The van der Waals surface area contributed by atoms with Crippen LogP contribution in [0.2, 0.25) is 0 Å². The Balaban J connectivity index is 1.48. The minimum Gasteiger partial charge on any atom is -0.390 e. The fourth-order valence-corrected chi connectivity index (χ4v) is 3.81. The molecule has 24 heavy (non-hydrogen) atoms. The monoisotopic (exact) mass is 332 g/mol. The van der Waals surface area contributed by atoms with E-state index in [9.17, 15) is 9.90 Å². The molecule has 0 bridgehead atoms. The Morgan fingerprint density at radius 2 is 2.04 bits per heavy atom. The third-order valence-electron chi connectivity index (χ3n) is 5.28. The number of carbonyl (C=O) groups excluding carboxylic acids is 1. The van der Waals surface area contributed by atoms with Crippen LogP contribution in [0.1, 0.15) is 31.2 Å². The van der Waals surface area contributed by atoms with Crippen LogP contribution in [0, 0.1) is 0 Å². The number of likely N-dealkylation sites (tertiary alicyclic amines) is 1. The molecule has 0 unspecified atom stereocenters. The Kier molecular flexibility index (Phi) is 5.54. The van der Waals surface area contributed by atoms with Crippen LogP contribution >= 0.6 is 0 Å². The third-order valence-corrected chi connectivity index (χ3v) is 5.28. The van der Waals surface area contributed by atoms with E-state index in [1.165, 1.54) is 5.56 Å². The normalized spacial score (nSPS) is 23.6.